The number of nitrogens with one attached hydrogen (secondary N) is 1. The Hall–Kier alpha value is -1.74. The minimum Gasteiger partial charge on any atom is -0.308 e. The summed E-state index contributed by atoms with van der Waals surface area (Å²) in [6.07, 6.45) is 0. The highest BCUT2D eigenvalue weighted by Gasteiger charge is 2.10. The molecule has 1 nitrogen and oxygen atoms in total. The number of hydrogen-bond donors (Lipinski definition) is 1. The molecule has 0 amide bonds. The third-order valence-electron chi connectivity index (χ3n) is 3.01. The van der Waals surface area contributed by atoms with Crippen molar-refractivity contribution in [3.05, 3.63) is 59.7 Å². The maximum Gasteiger partial charge on any atom is 0.131 e. The van der Waals surface area contributed by atoms with Crippen molar-refractivity contribution in [1.82, 2.24) is 5.32 Å². The largest absolute Gasteiger partial charge is 0.308 e. The molecule has 2 rings (SSSR count). The molecule has 0 saturated heterocycles. The molecule has 0 bridgehead atoms. The van der Waals surface area contributed by atoms with E-state index in [1.54, 1.807) is 18.2 Å². The van der Waals surface area contributed by atoms with Gasteiger partial charge in [0, 0.05) is 17.6 Å². The molecule has 1 N–H and O–H groups in total. The van der Waals surface area contributed by atoms with Gasteiger partial charge in [0.2, 0.25) is 0 Å². The Morgan fingerprint density at radius 2 is 1.60 bits per heavy atom. The molecule has 106 valence electrons. The van der Waals surface area contributed by atoms with Crippen LogP contribution in [0.3, 0.4) is 0 Å². The molecule has 3 heteroatoms. The van der Waals surface area contributed by atoms with E-state index in [1.165, 1.54) is 18.2 Å². The summed E-state index contributed by atoms with van der Waals surface area (Å²) in [6.45, 7) is 6.81. The lowest BCUT2D eigenvalue weighted by molar-refractivity contribution is 0.423. The Bertz CT molecular complexity index is 583. The standard InChI is InChI=1S/C17H19F2N/c1-17(2,3)20-11-12-4-9-15(16(19)10-12)13-5-7-14(18)8-6-13/h4-10,20H,11H2,1-3H3. The van der Waals surface area contributed by atoms with Crippen molar-refractivity contribution in [3.63, 3.8) is 0 Å². The maximum atomic E-state index is 14.1. The Morgan fingerprint density at radius 3 is 2.15 bits per heavy atom. The fourth-order valence-corrected chi connectivity index (χ4v) is 1.90. The van der Waals surface area contributed by atoms with Crippen molar-refractivity contribution >= 4 is 0 Å². The number of hydrogen-bond acceptors (Lipinski definition) is 1. The van der Waals surface area contributed by atoms with E-state index in [0.29, 0.717) is 17.7 Å². The van der Waals surface area contributed by atoms with Crippen LogP contribution in [-0.2, 0) is 6.54 Å². The summed E-state index contributed by atoms with van der Waals surface area (Å²) in [5.41, 5.74) is 2.05. The topological polar surface area (TPSA) is 12.0 Å². The van der Waals surface area contributed by atoms with Gasteiger partial charge in [-0.1, -0.05) is 24.3 Å². The minimum absolute atomic E-state index is 0.00783. The Morgan fingerprint density at radius 1 is 0.950 bits per heavy atom. The Balaban J connectivity index is 2.19. The van der Waals surface area contributed by atoms with Crippen LogP contribution in [0.5, 0.6) is 0 Å². The van der Waals surface area contributed by atoms with Gasteiger partial charge in [-0.2, -0.15) is 0 Å². The van der Waals surface area contributed by atoms with Crippen molar-refractivity contribution in [2.24, 2.45) is 0 Å². The molecule has 0 saturated carbocycles. The monoisotopic (exact) mass is 275 g/mol. The molecule has 0 aliphatic carbocycles. The van der Waals surface area contributed by atoms with Gasteiger partial charge in [0.1, 0.15) is 11.6 Å². The summed E-state index contributed by atoms with van der Waals surface area (Å²) in [4.78, 5) is 0. The molecule has 0 unspecified atom stereocenters. The summed E-state index contributed by atoms with van der Waals surface area (Å²) < 4.78 is 27.0. The van der Waals surface area contributed by atoms with E-state index in [1.807, 2.05) is 6.07 Å². The van der Waals surface area contributed by atoms with Crippen molar-refractivity contribution < 1.29 is 8.78 Å². The molecule has 0 fully saturated rings. The number of benzene rings is 2. The second-order valence-electron chi connectivity index (χ2n) is 5.92. The van der Waals surface area contributed by atoms with Crippen LogP contribution in [0.15, 0.2) is 42.5 Å². The van der Waals surface area contributed by atoms with Crippen LogP contribution in [0.1, 0.15) is 26.3 Å². The maximum absolute atomic E-state index is 14.1. The minimum atomic E-state index is -0.319. The summed E-state index contributed by atoms with van der Waals surface area (Å²) in [6, 6.07) is 11.0. The van der Waals surface area contributed by atoms with Crippen LogP contribution < -0.4 is 5.32 Å². The average Bonchev–Trinajstić information content (AvgIpc) is 2.37. The van der Waals surface area contributed by atoms with E-state index in [-0.39, 0.29) is 17.2 Å². The van der Waals surface area contributed by atoms with Crippen molar-refractivity contribution in [2.45, 2.75) is 32.9 Å². The van der Waals surface area contributed by atoms with Gasteiger partial charge in [-0.3, -0.25) is 0 Å². The van der Waals surface area contributed by atoms with Gasteiger partial charge in [0.05, 0.1) is 0 Å². The summed E-state index contributed by atoms with van der Waals surface area (Å²) >= 11 is 0. The van der Waals surface area contributed by atoms with Crippen LogP contribution in [0.4, 0.5) is 8.78 Å². The summed E-state index contributed by atoms with van der Waals surface area (Å²) in [5.74, 6) is -0.607. The Kier molecular flexibility index (Phi) is 4.19. The van der Waals surface area contributed by atoms with Crippen molar-refractivity contribution in [2.75, 3.05) is 0 Å². The molecule has 0 aromatic heterocycles. The van der Waals surface area contributed by atoms with Gasteiger partial charge < -0.3 is 5.32 Å². The third-order valence-corrected chi connectivity index (χ3v) is 3.01. The predicted octanol–water partition coefficient (Wildman–Crippen LogP) is 4.52. The quantitative estimate of drug-likeness (QED) is 0.868. The molecule has 0 heterocycles. The van der Waals surface area contributed by atoms with E-state index in [9.17, 15) is 8.78 Å². The van der Waals surface area contributed by atoms with Gasteiger partial charge >= 0.3 is 0 Å². The van der Waals surface area contributed by atoms with Crippen LogP contribution in [-0.4, -0.2) is 5.54 Å². The predicted molar refractivity (Wildman–Crippen MR) is 78.4 cm³/mol. The molecule has 2 aromatic rings. The first-order chi connectivity index (χ1) is 9.35. The SMILES string of the molecule is CC(C)(C)NCc1ccc(-c2ccc(F)cc2)c(F)c1. The van der Waals surface area contributed by atoms with Crippen molar-refractivity contribution in [3.8, 4) is 11.1 Å². The lowest BCUT2D eigenvalue weighted by atomic mass is 10.0. The van der Waals surface area contributed by atoms with Crippen LogP contribution >= 0.6 is 0 Å². The van der Waals surface area contributed by atoms with Crippen LogP contribution in [0, 0.1) is 11.6 Å². The average molecular weight is 275 g/mol. The molecule has 0 atom stereocenters. The first-order valence-electron chi connectivity index (χ1n) is 6.64. The second kappa shape index (κ2) is 5.71. The summed E-state index contributed by atoms with van der Waals surface area (Å²) in [7, 11) is 0. The van der Waals surface area contributed by atoms with Gasteiger partial charge in [-0.25, -0.2) is 8.78 Å². The van der Waals surface area contributed by atoms with E-state index < -0.39 is 0 Å². The molecule has 2 aromatic carbocycles. The fourth-order valence-electron chi connectivity index (χ4n) is 1.90. The zero-order chi connectivity index (χ0) is 14.8. The molecule has 20 heavy (non-hydrogen) atoms. The van der Waals surface area contributed by atoms with E-state index >= 15 is 0 Å². The smallest absolute Gasteiger partial charge is 0.131 e. The highest BCUT2D eigenvalue weighted by molar-refractivity contribution is 5.64. The van der Waals surface area contributed by atoms with Gasteiger partial charge in [-0.05, 0) is 50.1 Å². The van der Waals surface area contributed by atoms with E-state index in [4.69, 9.17) is 0 Å². The summed E-state index contributed by atoms with van der Waals surface area (Å²) in [5, 5.41) is 3.32. The lowest BCUT2D eigenvalue weighted by Crippen LogP contribution is -2.35. The fraction of sp³-hybridized carbons (Fsp3) is 0.294. The molecule has 0 radical (unpaired) electrons. The normalized spacial score (nSPS) is 11.7. The molecule has 0 aliphatic rings. The second-order valence-corrected chi connectivity index (χ2v) is 5.92. The van der Waals surface area contributed by atoms with Crippen LogP contribution in [0.25, 0.3) is 11.1 Å². The third kappa shape index (κ3) is 3.87. The van der Waals surface area contributed by atoms with Gasteiger partial charge in [0.25, 0.3) is 0 Å². The number of halogens is 2. The Labute approximate surface area is 118 Å². The zero-order valence-electron chi connectivity index (χ0n) is 12.0. The molecule has 0 aliphatic heterocycles. The first kappa shape index (κ1) is 14.7. The first-order valence-corrected chi connectivity index (χ1v) is 6.64. The molecule has 0 spiro atoms. The van der Waals surface area contributed by atoms with E-state index in [2.05, 4.69) is 26.1 Å². The van der Waals surface area contributed by atoms with Crippen LogP contribution in [0.2, 0.25) is 0 Å². The van der Waals surface area contributed by atoms with Gasteiger partial charge in [0.15, 0.2) is 0 Å². The molecular formula is C17H19F2N. The highest BCUT2D eigenvalue weighted by Crippen LogP contribution is 2.24. The lowest BCUT2D eigenvalue weighted by Gasteiger charge is -2.20. The van der Waals surface area contributed by atoms with Gasteiger partial charge in [-0.15, -0.1) is 0 Å². The number of rotatable bonds is 3. The molecular weight excluding hydrogens is 256 g/mol. The van der Waals surface area contributed by atoms with E-state index in [0.717, 1.165) is 5.56 Å². The zero-order valence-corrected chi connectivity index (χ0v) is 12.0. The van der Waals surface area contributed by atoms with Crippen molar-refractivity contribution in [1.29, 1.82) is 0 Å². The highest BCUT2D eigenvalue weighted by atomic mass is 19.1.